The first kappa shape index (κ1) is 10.2. The lowest BCUT2D eigenvalue weighted by molar-refractivity contribution is -0.120. The molecule has 2 nitrogen and oxygen atoms in total. The third-order valence-corrected chi connectivity index (χ3v) is 4.35. The number of hydrogen-bond donors (Lipinski definition) is 1. The van der Waals surface area contributed by atoms with Crippen LogP contribution in [0.1, 0.15) is 46.0 Å². The van der Waals surface area contributed by atoms with Crippen molar-refractivity contribution in [2.75, 3.05) is 0 Å². The molecule has 2 aliphatic carbocycles. The van der Waals surface area contributed by atoms with Crippen molar-refractivity contribution in [1.82, 2.24) is 0 Å². The van der Waals surface area contributed by atoms with Crippen molar-refractivity contribution in [1.29, 1.82) is 0 Å². The number of Topliss-reactive ketones (excluding diaryl/α,β-unsaturated/α-hetero) is 1. The zero-order valence-electron chi connectivity index (χ0n) is 9.12. The van der Waals surface area contributed by atoms with Crippen LogP contribution < -0.4 is 0 Å². The van der Waals surface area contributed by atoms with Crippen molar-refractivity contribution >= 4 is 5.78 Å². The minimum atomic E-state index is -0.596. The van der Waals surface area contributed by atoms with Crippen LogP contribution in [0.15, 0.2) is 0 Å². The van der Waals surface area contributed by atoms with Gasteiger partial charge in [0.15, 0.2) is 0 Å². The van der Waals surface area contributed by atoms with Gasteiger partial charge in [-0.05, 0) is 37.5 Å². The van der Waals surface area contributed by atoms with E-state index >= 15 is 0 Å². The third kappa shape index (κ3) is 1.60. The van der Waals surface area contributed by atoms with E-state index in [1.807, 2.05) is 6.92 Å². The van der Waals surface area contributed by atoms with Crippen LogP contribution in [0.4, 0.5) is 0 Å². The average Bonchev–Trinajstić information content (AvgIpc) is 2.40. The summed E-state index contributed by atoms with van der Waals surface area (Å²) in [4.78, 5) is 11.5. The number of carbonyl (C=O) groups excluding carboxylic acids is 1. The van der Waals surface area contributed by atoms with E-state index in [1.54, 1.807) is 0 Å². The van der Waals surface area contributed by atoms with Crippen LogP contribution in [0.3, 0.4) is 0 Å². The summed E-state index contributed by atoms with van der Waals surface area (Å²) in [5.74, 6) is 1.78. The SMILES string of the molecule is C[C@H]1CCC2[C@H]1CC(=O)CC[C@@]2(C)O. The van der Waals surface area contributed by atoms with Gasteiger partial charge >= 0.3 is 0 Å². The Bertz CT molecular complexity index is 245. The molecular formula is C12H20O2. The second-order valence-corrected chi connectivity index (χ2v) is 5.42. The summed E-state index contributed by atoms with van der Waals surface area (Å²) >= 11 is 0. The highest BCUT2D eigenvalue weighted by atomic mass is 16.3. The summed E-state index contributed by atoms with van der Waals surface area (Å²) in [6.07, 6.45) is 4.24. The van der Waals surface area contributed by atoms with Crippen LogP contribution in [0.5, 0.6) is 0 Å². The topological polar surface area (TPSA) is 37.3 Å². The molecule has 0 aliphatic heterocycles. The first-order chi connectivity index (χ1) is 6.50. The molecule has 2 saturated carbocycles. The highest BCUT2D eigenvalue weighted by molar-refractivity contribution is 5.79. The summed E-state index contributed by atoms with van der Waals surface area (Å²) in [6, 6.07) is 0. The maximum Gasteiger partial charge on any atom is 0.133 e. The van der Waals surface area contributed by atoms with Crippen molar-refractivity contribution in [2.24, 2.45) is 17.8 Å². The normalized spacial score (nSPS) is 48.8. The van der Waals surface area contributed by atoms with Gasteiger partial charge in [-0.1, -0.05) is 13.3 Å². The summed E-state index contributed by atoms with van der Waals surface area (Å²) in [7, 11) is 0. The fourth-order valence-corrected chi connectivity index (χ4v) is 3.33. The standard InChI is InChI=1S/C12H20O2/c1-8-3-4-11-10(8)7-9(13)5-6-12(11,2)14/h8,10-11,14H,3-7H2,1-2H3/t8-,10-,11?,12+/m0/s1. The minimum Gasteiger partial charge on any atom is -0.390 e. The van der Waals surface area contributed by atoms with E-state index in [1.165, 1.54) is 6.42 Å². The fraction of sp³-hybridized carbons (Fsp3) is 0.917. The van der Waals surface area contributed by atoms with E-state index in [0.29, 0.717) is 42.8 Å². The van der Waals surface area contributed by atoms with Gasteiger partial charge in [0, 0.05) is 12.8 Å². The second-order valence-electron chi connectivity index (χ2n) is 5.42. The third-order valence-electron chi connectivity index (χ3n) is 4.35. The Balaban J connectivity index is 2.24. The molecule has 0 aromatic carbocycles. The van der Waals surface area contributed by atoms with E-state index in [2.05, 4.69) is 6.92 Å². The largest absolute Gasteiger partial charge is 0.390 e. The zero-order chi connectivity index (χ0) is 10.3. The second kappa shape index (κ2) is 3.34. The Labute approximate surface area is 85.7 Å². The van der Waals surface area contributed by atoms with Crippen molar-refractivity contribution < 1.29 is 9.90 Å². The van der Waals surface area contributed by atoms with Gasteiger partial charge < -0.3 is 5.11 Å². The molecule has 2 heteroatoms. The zero-order valence-corrected chi connectivity index (χ0v) is 9.12. The molecule has 80 valence electrons. The van der Waals surface area contributed by atoms with Gasteiger partial charge in [0.25, 0.3) is 0 Å². The van der Waals surface area contributed by atoms with Crippen molar-refractivity contribution in [3.05, 3.63) is 0 Å². The highest BCUT2D eigenvalue weighted by Gasteiger charge is 2.46. The quantitative estimate of drug-likeness (QED) is 0.644. The van der Waals surface area contributed by atoms with Gasteiger partial charge in [-0.25, -0.2) is 0 Å². The lowest BCUT2D eigenvalue weighted by atomic mass is 9.78. The molecule has 0 saturated heterocycles. The molecule has 1 unspecified atom stereocenters. The number of rotatable bonds is 0. The van der Waals surface area contributed by atoms with Crippen LogP contribution in [-0.2, 0) is 4.79 Å². The molecule has 0 aromatic heterocycles. The van der Waals surface area contributed by atoms with E-state index in [4.69, 9.17) is 0 Å². The van der Waals surface area contributed by atoms with Crippen LogP contribution >= 0.6 is 0 Å². The van der Waals surface area contributed by atoms with Gasteiger partial charge in [0.05, 0.1) is 5.60 Å². The lowest BCUT2D eigenvalue weighted by Gasteiger charge is -2.32. The summed E-state index contributed by atoms with van der Waals surface area (Å²) in [5, 5.41) is 10.3. The van der Waals surface area contributed by atoms with E-state index in [0.717, 1.165) is 6.42 Å². The van der Waals surface area contributed by atoms with Crippen LogP contribution in [0.2, 0.25) is 0 Å². The van der Waals surface area contributed by atoms with Crippen molar-refractivity contribution in [2.45, 2.75) is 51.6 Å². The first-order valence-corrected chi connectivity index (χ1v) is 5.75. The maximum absolute atomic E-state index is 11.5. The van der Waals surface area contributed by atoms with Crippen LogP contribution in [-0.4, -0.2) is 16.5 Å². The predicted octanol–water partition coefficient (Wildman–Crippen LogP) is 2.15. The lowest BCUT2D eigenvalue weighted by Crippen LogP contribution is -2.36. The van der Waals surface area contributed by atoms with Crippen LogP contribution in [0.25, 0.3) is 0 Å². The number of fused-ring (bicyclic) bond motifs is 1. The summed E-state index contributed by atoms with van der Waals surface area (Å²) < 4.78 is 0. The molecule has 4 atom stereocenters. The molecule has 14 heavy (non-hydrogen) atoms. The van der Waals surface area contributed by atoms with Gasteiger partial charge in [0.2, 0.25) is 0 Å². The van der Waals surface area contributed by atoms with E-state index < -0.39 is 5.60 Å². The van der Waals surface area contributed by atoms with Gasteiger partial charge in [-0.3, -0.25) is 4.79 Å². The Morgan fingerprint density at radius 3 is 2.86 bits per heavy atom. The molecule has 2 fully saturated rings. The minimum absolute atomic E-state index is 0.353. The number of carbonyl (C=O) groups is 1. The van der Waals surface area contributed by atoms with Crippen molar-refractivity contribution in [3.63, 3.8) is 0 Å². The molecule has 0 aromatic rings. The van der Waals surface area contributed by atoms with Gasteiger partial charge in [-0.2, -0.15) is 0 Å². The number of hydrogen-bond acceptors (Lipinski definition) is 2. The molecule has 0 amide bonds. The van der Waals surface area contributed by atoms with Gasteiger partial charge in [0.1, 0.15) is 5.78 Å². The highest BCUT2D eigenvalue weighted by Crippen LogP contribution is 2.47. The number of aliphatic hydroxyl groups is 1. The Hall–Kier alpha value is -0.370. The van der Waals surface area contributed by atoms with Crippen molar-refractivity contribution in [3.8, 4) is 0 Å². The molecule has 2 rings (SSSR count). The molecule has 0 bridgehead atoms. The average molecular weight is 196 g/mol. The van der Waals surface area contributed by atoms with Gasteiger partial charge in [-0.15, -0.1) is 0 Å². The first-order valence-electron chi connectivity index (χ1n) is 5.75. The van der Waals surface area contributed by atoms with E-state index in [9.17, 15) is 9.90 Å². The Morgan fingerprint density at radius 2 is 2.14 bits per heavy atom. The molecule has 0 radical (unpaired) electrons. The summed E-state index contributed by atoms with van der Waals surface area (Å²) in [5.41, 5.74) is -0.596. The number of ketones is 1. The summed E-state index contributed by atoms with van der Waals surface area (Å²) in [6.45, 7) is 4.14. The fourth-order valence-electron chi connectivity index (χ4n) is 3.33. The molecule has 2 aliphatic rings. The molecular weight excluding hydrogens is 176 g/mol. The molecule has 1 N–H and O–H groups in total. The van der Waals surface area contributed by atoms with E-state index in [-0.39, 0.29) is 0 Å². The molecule has 0 heterocycles. The Kier molecular flexibility index (Phi) is 2.42. The monoisotopic (exact) mass is 196 g/mol. The van der Waals surface area contributed by atoms with Crippen LogP contribution in [0, 0.1) is 17.8 Å². The molecule has 0 spiro atoms. The maximum atomic E-state index is 11.5. The smallest absolute Gasteiger partial charge is 0.133 e. The predicted molar refractivity (Wildman–Crippen MR) is 54.9 cm³/mol. The Morgan fingerprint density at radius 1 is 1.43 bits per heavy atom.